The fourth-order valence-electron chi connectivity index (χ4n) is 3.90. The van der Waals surface area contributed by atoms with Gasteiger partial charge in [-0.25, -0.2) is 0 Å². The summed E-state index contributed by atoms with van der Waals surface area (Å²) in [5.41, 5.74) is 6.35. The molecule has 27 heavy (non-hydrogen) atoms. The van der Waals surface area contributed by atoms with Crippen molar-refractivity contribution in [2.24, 2.45) is 0 Å². The summed E-state index contributed by atoms with van der Waals surface area (Å²) < 4.78 is 1.39. The molecule has 0 amide bonds. The standard InChI is InChI=1S/C25H21NS/c1-17-15-21(16-23-22-9-5-6-10-24(22)27-25(17)23)26-20-13-11-19(12-14-20)18-7-3-2-4-8-18/h2-14,16-17,26H,15H2,1H3. The molecule has 0 spiro atoms. The van der Waals surface area contributed by atoms with Gasteiger partial charge in [-0.2, -0.15) is 0 Å². The number of nitrogens with one attached hydrogen (secondary N) is 1. The van der Waals surface area contributed by atoms with Crippen LogP contribution in [0.1, 0.15) is 29.7 Å². The molecule has 0 saturated heterocycles. The van der Waals surface area contributed by atoms with Crippen molar-refractivity contribution in [2.45, 2.75) is 19.3 Å². The van der Waals surface area contributed by atoms with Gasteiger partial charge in [-0.1, -0.05) is 67.6 Å². The lowest BCUT2D eigenvalue weighted by Crippen LogP contribution is -2.08. The maximum Gasteiger partial charge on any atom is 0.0382 e. The van der Waals surface area contributed by atoms with Crippen molar-refractivity contribution in [3.8, 4) is 11.1 Å². The normalized spacial score (nSPS) is 16.0. The Morgan fingerprint density at radius 1 is 0.815 bits per heavy atom. The molecule has 5 rings (SSSR count). The first-order valence-electron chi connectivity index (χ1n) is 9.42. The third-order valence-corrected chi connectivity index (χ3v) is 6.67. The largest absolute Gasteiger partial charge is 0.359 e. The van der Waals surface area contributed by atoms with E-state index in [1.54, 1.807) is 0 Å². The lowest BCUT2D eigenvalue weighted by molar-refractivity contribution is 0.762. The lowest BCUT2D eigenvalue weighted by Gasteiger charge is -2.21. The van der Waals surface area contributed by atoms with Crippen molar-refractivity contribution < 1.29 is 0 Å². The van der Waals surface area contributed by atoms with Gasteiger partial charge < -0.3 is 5.32 Å². The summed E-state index contributed by atoms with van der Waals surface area (Å²) in [7, 11) is 0. The highest BCUT2D eigenvalue weighted by Crippen LogP contribution is 2.43. The number of rotatable bonds is 3. The van der Waals surface area contributed by atoms with Gasteiger partial charge in [-0.15, -0.1) is 11.3 Å². The van der Waals surface area contributed by atoms with E-state index in [1.165, 1.54) is 37.4 Å². The minimum absolute atomic E-state index is 0.550. The molecule has 0 radical (unpaired) electrons. The molecule has 1 aromatic heterocycles. The summed E-state index contributed by atoms with van der Waals surface area (Å²) in [6.07, 6.45) is 3.40. The molecule has 1 N–H and O–H groups in total. The van der Waals surface area contributed by atoms with E-state index in [9.17, 15) is 0 Å². The molecule has 1 unspecified atom stereocenters. The molecule has 2 heteroatoms. The van der Waals surface area contributed by atoms with Crippen LogP contribution in [-0.4, -0.2) is 0 Å². The summed E-state index contributed by atoms with van der Waals surface area (Å²) in [6, 6.07) is 28.0. The molecular weight excluding hydrogens is 346 g/mol. The second-order valence-corrected chi connectivity index (χ2v) is 8.30. The summed E-state index contributed by atoms with van der Waals surface area (Å²) in [5, 5.41) is 5.03. The van der Waals surface area contributed by atoms with Crippen molar-refractivity contribution in [1.82, 2.24) is 0 Å². The Morgan fingerprint density at radius 2 is 1.52 bits per heavy atom. The number of fused-ring (bicyclic) bond motifs is 3. The molecule has 1 atom stereocenters. The van der Waals surface area contributed by atoms with E-state index in [0.29, 0.717) is 5.92 Å². The summed E-state index contributed by atoms with van der Waals surface area (Å²) >= 11 is 1.94. The average Bonchev–Trinajstić information content (AvgIpc) is 3.09. The van der Waals surface area contributed by atoms with E-state index in [1.807, 2.05) is 11.3 Å². The van der Waals surface area contributed by atoms with E-state index in [4.69, 9.17) is 0 Å². The predicted molar refractivity (Wildman–Crippen MR) is 118 cm³/mol. The summed E-state index contributed by atoms with van der Waals surface area (Å²) in [4.78, 5) is 1.51. The fourth-order valence-corrected chi connectivity index (χ4v) is 5.14. The van der Waals surface area contributed by atoms with Crippen molar-refractivity contribution in [3.05, 3.63) is 95.0 Å². The molecule has 0 saturated carbocycles. The molecular formula is C25H21NS. The molecule has 1 heterocycles. The molecule has 1 aliphatic carbocycles. The topological polar surface area (TPSA) is 12.0 Å². The smallest absolute Gasteiger partial charge is 0.0382 e. The zero-order valence-electron chi connectivity index (χ0n) is 15.3. The van der Waals surface area contributed by atoms with E-state index >= 15 is 0 Å². The number of anilines is 1. The monoisotopic (exact) mass is 367 g/mol. The SMILES string of the molecule is CC1CC(Nc2ccc(-c3ccccc3)cc2)=Cc2c1sc1ccccc21. The van der Waals surface area contributed by atoms with Crippen LogP contribution in [-0.2, 0) is 0 Å². The highest BCUT2D eigenvalue weighted by molar-refractivity contribution is 7.19. The van der Waals surface area contributed by atoms with Gasteiger partial charge in [-0.05, 0) is 53.3 Å². The zero-order valence-corrected chi connectivity index (χ0v) is 16.1. The van der Waals surface area contributed by atoms with E-state index < -0.39 is 0 Å². The highest BCUT2D eigenvalue weighted by atomic mass is 32.1. The Balaban J connectivity index is 1.44. The Bertz CT molecular complexity index is 1120. The number of hydrogen-bond acceptors (Lipinski definition) is 2. The van der Waals surface area contributed by atoms with Crippen LogP contribution in [0.5, 0.6) is 0 Å². The van der Waals surface area contributed by atoms with Crippen molar-refractivity contribution in [2.75, 3.05) is 5.32 Å². The quantitative estimate of drug-likeness (QED) is 0.394. The van der Waals surface area contributed by atoms with Gasteiger partial charge >= 0.3 is 0 Å². The van der Waals surface area contributed by atoms with Gasteiger partial charge in [0.05, 0.1) is 0 Å². The van der Waals surface area contributed by atoms with E-state index in [0.717, 1.165) is 12.1 Å². The third-order valence-electron chi connectivity index (χ3n) is 5.25. The molecule has 1 aliphatic rings. The molecule has 132 valence electrons. The van der Waals surface area contributed by atoms with Crippen LogP contribution in [0.3, 0.4) is 0 Å². The van der Waals surface area contributed by atoms with Crippen molar-refractivity contribution in [3.63, 3.8) is 0 Å². The van der Waals surface area contributed by atoms with Gasteiger partial charge in [0, 0.05) is 26.3 Å². The van der Waals surface area contributed by atoms with E-state index in [2.05, 4.69) is 97.2 Å². The third kappa shape index (κ3) is 3.07. The first kappa shape index (κ1) is 16.3. The van der Waals surface area contributed by atoms with Crippen LogP contribution in [0.15, 0.2) is 84.6 Å². The van der Waals surface area contributed by atoms with Crippen LogP contribution in [0.25, 0.3) is 27.3 Å². The Kier molecular flexibility index (Phi) is 4.06. The second-order valence-electron chi connectivity index (χ2n) is 7.22. The van der Waals surface area contributed by atoms with Crippen LogP contribution in [0.2, 0.25) is 0 Å². The lowest BCUT2D eigenvalue weighted by atomic mass is 9.92. The molecule has 0 bridgehead atoms. The van der Waals surface area contributed by atoms with Gasteiger partial charge in [-0.3, -0.25) is 0 Å². The fraction of sp³-hybridized carbons (Fsp3) is 0.120. The van der Waals surface area contributed by atoms with Crippen LogP contribution in [0, 0.1) is 0 Å². The second kappa shape index (κ2) is 6.71. The number of allylic oxidation sites excluding steroid dienone is 1. The molecule has 0 aliphatic heterocycles. The van der Waals surface area contributed by atoms with Gasteiger partial charge in [0.15, 0.2) is 0 Å². The molecule has 0 fully saturated rings. The molecule has 4 aromatic rings. The number of thiophene rings is 1. The zero-order chi connectivity index (χ0) is 18.2. The van der Waals surface area contributed by atoms with E-state index in [-0.39, 0.29) is 0 Å². The van der Waals surface area contributed by atoms with Gasteiger partial charge in [0.2, 0.25) is 0 Å². The first-order valence-corrected chi connectivity index (χ1v) is 10.2. The van der Waals surface area contributed by atoms with Gasteiger partial charge in [0.25, 0.3) is 0 Å². The Morgan fingerprint density at radius 3 is 2.33 bits per heavy atom. The highest BCUT2D eigenvalue weighted by Gasteiger charge is 2.22. The maximum atomic E-state index is 3.65. The minimum atomic E-state index is 0.550. The van der Waals surface area contributed by atoms with Crippen molar-refractivity contribution in [1.29, 1.82) is 0 Å². The summed E-state index contributed by atoms with van der Waals surface area (Å²) in [5.74, 6) is 0.550. The minimum Gasteiger partial charge on any atom is -0.359 e. The average molecular weight is 368 g/mol. The Labute approximate surface area is 164 Å². The number of hydrogen-bond donors (Lipinski definition) is 1. The molecule has 3 aromatic carbocycles. The predicted octanol–water partition coefficient (Wildman–Crippen LogP) is 7.53. The van der Waals surface area contributed by atoms with Gasteiger partial charge in [0.1, 0.15) is 0 Å². The maximum absolute atomic E-state index is 3.65. The Hall–Kier alpha value is -2.84. The van der Waals surface area contributed by atoms with Crippen LogP contribution < -0.4 is 5.32 Å². The van der Waals surface area contributed by atoms with Crippen molar-refractivity contribution >= 4 is 33.2 Å². The molecule has 1 nitrogen and oxygen atoms in total. The van der Waals surface area contributed by atoms with Crippen LogP contribution in [0.4, 0.5) is 5.69 Å². The number of benzene rings is 3. The van der Waals surface area contributed by atoms with Crippen LogP contribution >= 0.6 is 11.3 Å². The summed E-state index contributed by atoms with van der Waals surface area (Å²) in [6.45, 7) is 2.33. The first-order chi connectivity index (χ1) is 13.3.